The largest absolute Gasteiger partial charge is 0.459 e. The second-order valence-corrected chi connectivity index (χ2v) is 10.7. The molecule has 0 atom stereocenters. The lowest BCUT2D eigenvalue weighted by atomic mass is 10.1. The standard InChI is InChI=1S/C21H32FN3O6S/c1-21(2,3)31-19(26)15-24(9-8-23(4)5)20(27)17-14-16(6-7-18(17)22)32(28,29)25-10-12-30-13-11-25/h6-7,14H,8-13,15H2,1-5H3. The van der Waals surface area contributed by atoms with Crippen molar-refractivity contribution in [2.75, 3.05) is 60.0 Å². The Morgan fingerprint density at radius 3 is 2.34 bits per heavy atom. The minimum Gasteiger partial charge on any atom is -0.459 e. The summed E-state index contributed by atoms with van der Waals surface area (Å²) in [5.41, 5.74) is -1.16. The van der Waals surface area contributed by atoms with Crippen LogP contribution in [-0.2, 0) is 24.3 Å². The van der Waals surface area contributed by atoms with Crippen LogP contribution in [-0.4, -0.2) is 100 Å². The average molecular weight is 474 g/mol. The molecule has 0 N–H and O–H groups in total. The lowest BCUT2D eigenvalue weighted by Crippen LogP contribution is -2.42. The van der Waals surface area contributed by atoms with Crippen molar-refractivity contribution >= 4 is 21.9 Å². The van der Waals surface area contributed by atoms with E-state index in [9.17, 15) is 22.4 Å². The van der Waals surface area contributed by atoms with Crippen molar-refractivity contribution in [2.45, 2.75) is 31.3 Å². The number of amides is 1. The van der Waals surface area contributed by atoms with Crippen LogP contribution in [0.15, 0.2) is 23.1 Å². The third kappa shape index (κ3) is 7.22. The molecule has 1 amide bonds. The number of ether oxygens (including phenoxy) is 2. The minimum absolute atomic E-state index is 0.130. The number of likely N-dealkylation sites (N-methyl/N-ethyl adjacent to an activating group) is 1. The smallest absolute Gasteiger partial charge is 0.326 e. The number of hydrogen-bond donors (Lipinski definition) is 0. The van der Waals surface area contributed by atoms with E-state index in [1.54, 1.807) is 34.9 Å². The lowest BCUT2D eigenvalue weighted by molar-refractivity contribution is -0.155. The van der Waals surface area contributed by atoms with Crippen molar-refractivity contribution in [3.8, 4) is 0 Å². The van der Waals surface area contributed by atoms with Gasteiger partial charge in [0.25, 0.3) is 5.91 Å². The van der Waals surface area contributed by atoms with Gasteiger partial charge in [-0.2, -0.15) is 4.31 Å². The van der Waals surface area contributed by atoms with Gasteiger partial charge in [-0.05, 0) is 53.1 Å². The number of sulfonamides is 1. The molecule has 1 fully saturated rings. The number of esters is 1. The first-order valence-corrected chi connectivity index (χ1v) is 11.8. The summed E-state index contributed by atoms with van der Waals surface area (Å²) in [5.74, 6) is -2.29. The molecular formula is C21H32FN3O6S. The van der Waals surface area contributed by atoms with Crippen molar-refractivity contribution in [1.82, 2.24) is 14.1 Å². The van der Waals surface area contributed by atoms with E-state index >= 15 is 0 Å². The Bertz CT molecular complexity index is 924. The fourth-order valence-electron chi connectivity index (χ4n) is 3.04. The van der Waals surface area contributed by atoms with Gasteiger partial charge < -0.3 is 19.3 Å². The zero-order valence-electron chi connectivity index (χ0n) is 19.3. The molecule has 0 spiro atoms. The Morgan fingerprint density at radius 1 is 1.16 bits per heavy atom. The van der Waals surface area contributed by atoms with Crippen LogP contribution in [0.3, 0.4) is 0 Å². The summed E-state index contributed by atoms with van der Waals surface area (Å²) in [7, 11) is -0.322. The summed E-state index contributed by atoms with van der Waals surface area (Å²) >= 11 is 0. The summed E-state index contributed by atoms with van der Waals surface area (Å²) in [6.45, 7) is 6.16. The van der Waals surface area contributed by atoms with Gasteiger partial charge in [-0.1, -0.05) is 0 Å². The first kappa shape index (κ1) is 26.2. The molecule has 9 nitrogen and oxygen atoms in total. The Hall–Kier alpha value is -2.08. The van der Waals surface area contributed by atoms with Gasteiger partial charge in [0.05, 0.1) is 23.7 Å². The van der Waals surface area contributed by atoms with Gasteiger partial charge in [0.15, 0.2) is 0 Å². The van der Waals surface area contributed by atoms with E-state index in [0.29, 0.717) is 6.54 Å². The third-order valence-corrected chi connectivity index (χ3v) is 6.52. The molecule has 0 saturated carbocycles. The Morgan fingerprint density at radius 2 is 1.78 bits per heavy atom. The molecule has 2 rings (SSSR count). The van der Waals surface area contributed by atoms with Crippen molar-refractivity contribution in [2.24, 2.45) is 0 Å². The van der Waals surface area contributed by atoms with E-state index in [1.165, 1.54) is 4.31 Å². The van der Waals surface area contributed by atoms with Crippen molar-refractivity contribution in [3.05, 3.63) is 29.6 Å². The number of nitrogens with zero attached hydrogens (tertiary/aromatic N) is 3. The molecule has 1 aromatic rings. The number of hydrogen-bond acceptors (Lipinski definition) is 7. The molecule has 1 saturated heterocycles. The van der Waals surface area contributed by atoms with Gasteiger partial charge >= 0.3 is 5.97 Å². The molecule has 32 heavy (non-hydrogen) atoms. The van der Waals surface area contributed by atoms with Crippen LogP contribution < -0.4 is 0 Å². The maximum atomic E-state index is 14.6. The summed E-state index contributed by atoms with van der Waals surface area (Å²) in [4.78, 5) is 28.3. The molecule has 1 aliphatic rings. The van der Waals surface area contributed by atoms with Crippen molar-refractivity contribution in [3.63, 3.8) is 0 Å². The van der Waals surface area contributed by atoms with Gasteiger partial charge in [0, 0.05) is 26.2 Å². The number of benzene rings is 1. The highest BCUT2D eigenvalue weighted by molar-refractivity contribution is 7.89. The summed E-state index contributed by atoms with van der Waals surface area (Å²) in [6, 6.07) is 3.12. The van der Waals surface area contributed by atoms with Crippen LogP contribution in [0.4, 0.5) is 4.39 Å². The fraction of sp³-hybridized carbons (Fsp3) is 0.619. The van der Waals surface area contributed by atoms with E-state index in [1.807, 2.05) is 4.90 Å². The van der Waals surface area contributed by atoms with E-state index in [-0.39, 0.29) is 44.3 Å². The van der Waals surface area contributed by atoms with Crippen LogP contribution in [0.25, 0.3) is 0 Å². The number of morpholine rings is 1. The zero-order chi connectivity index (χ0) is 24.1. The summed E-state index contributed by atoms with van der Waals surface area (Å²) in [6.07, 6.45) is 0. The third-order valence-electron chi connectivity index (χ3n) is 4.62. The highest BCUT2D eigenvalue weighted by Gasteiger charge is 2.30. The van der Waals surface area contributed by atoms with E-state index in [4.69, 9.17) is 9.47 Å². The quantitative estimate of drug-likeness (QED) is 0.523. The fourth-order valence-corrected chi connectivity index (χ4v) is 4.47. The molecule has 0 bridgehead atoms. The molecular weight excluding hydrogens is 441 g/mol. The number of halogens is 1. The molecule has 1 aliphatic heterocycles. The maximum Gasteiger partial charge on any atom is 0.326 e. The number of carbonyl (C=O) groups is 2. The van der Waals surface area contributed by atoms with Gasteiger partial charge in [0.2, 0.25) is 10.0 Å². The first-order chi connectivity index (χ1) is 14.8. The minimum atomic E-state index is -3.92. The van der Waals surface area contributed by atoms with Gasteiger partial charge in [-0.3, -0.25) is 9.59 Å². The van der Waals surface area contributed by atoms with Crippen LogP contribution in [0.1, 0.15) is 31.1 Å². The van der Waals surface area contributed by atoms with E-state index < -0.39 is 38.9 Å². The van der Waals surface area contributed by atoms with Crippen LogP contribution in [0.2, 0.25) is 0 Å². The second-order valence-electron chi connectivity index (χ2n) is 8.77. The van der Waals surface area contributed by atoms with Crippen molar-refractivity contribution in [1.29, 1.82) is 0 Å². The second kappa shape index (κ2) is 10.7. The van der Waals surface area contributed by atoms with Crippen molar-refractivity contribution < 1.29 is 31.9 Å². The summed E-state index contributed by atoms with van der Waals surface area (Å²) < 4.78 is 52.2. The SMILES string of the molecule is CN(C)CCN(CC(=O)OC(C)(C)C)C(=O)c1cc(S(=O)(=O)N2CCOCC2)ccc1F. The predicted octanol–water partition coefficient (Wildman–Crippen LogP) is 1.19. The Balaban J connectivity index is 2.33. The molecule has 0 aromatic heterocycles. The van der Waals surface area contributed by atoms with E-state index in [2.05, 4.69) is 0 Å². The molecule has 0 aliphatic carbocycles. The van der Waals surface area contributed by atoms with Gasteiger partial charge in [-0.15, -0.1) is 0 Å². The Labute approximate surface area is 189 Å². The predicted molar refractivity (Wildman–Crippen MR) is 116 cm³/mol. The highest BCUT2D eigenvalue weighted by Crippen LogP contribution is 2.21. The number of carbonyl (C=O) groups excluding carboxylic acids is 2. The maximum absolute atomic E-state index is 14.6. The number of rotatable bonds is 8. The molecule has 1 heterocycles. The van der Waals surface area contributed by atoms with Gasteiger partial charge in [0.1, 0.15) is 18.0 Å². The zero-order valence-corrected chi connectivity index (χ0v) is 20.1. The average Bonchev–Trinajstić information content (AvgIpc) is 2.70. The normalized spacial score (nSPS) is 15.6. The van der Waals surface area contributed by atoms with Crippen LogP contribution in [0, 0.1) is 5.82 Å². The van der Waals surface area contributed by atoms with E-state index in [0.717, 1.165) is 23.1 Å². The lowest BCUT2D eigenvalue weighted by Gasteiger charge is -2.27. The summed E-state index contributed by atoms with van der Waals surface area (Å²) in [5, 5.41) is 0. The molecule has 11 heteroatoms. The Kier molecular flexibility index (Phi) is 8.74. The van der Waals surface area contributed by atoms with Gasteiger partial charge in [-0.25, -0.2) is 12.8 Å². The molecule has 0 unspecified atom stereocenters. The topological polar surface area (TPSA) is 96.5 Å². The highest BCUT2D eigenvalue weighted by atomic mass is 32.2. The first-order valence-electron chi connectivity index (χ1n) is 10.3. The van der Waals surface area contributed by atoms with Crippen LogP contribution in [0.5, 0.6) is 0 Å². The monoisotopic (exact) mass is 473 g/mol. The molecule has 180 valence electrons. The van der Waals surface area contributed by atoms with Crippen LogP contribution >= 0.6 is 0 Å². The molecule has 0 radical (unpaired) electrons. The molecule has 1 aromatic carbocycles.